The van der Waals surface area contributed by atoms with Crippen LogP contribution in [0.15, 0.2) is 54.6 Å². The van der Waals surface area contributed by atoms with Crippen LogP contribution in [0.2, 0.25) is 0 Å². The molecule has 0 saturated heterocycles. The van der Waals surface area contributed by atoms with Crippen LogP contribution < -0.4 is 10.6 Å². The summed E-state index contributed by atoms with van der Waals surface area (Å²) in [6, 6.07) is 16.5. The van der Waals surface area contributed by atoms with Gasteiger partial charge in [0, 0.05) is 28.6 Å². The number of aryl methyl sites for hydroxylation is 2. The fraction of sp³-hybridized carbons (Fsp3) is 0.227. The van der Waals surface area contributed by atoms with Crippen LogP contribution >= 0.6 is 0 Å². The zero-order valence-electron chi connectivity index (χ0n) is 15.9. The van der Waals surface area contributed by atoms with E-state index < -0.39 is 0 Å². The quantitative estimate of drug-likeness (QED) is 0.706. The predicted octanol–water partition coefficient (Wildman–Crippen LogP) is 4.09. The molecule has 1 aromatic heterocycles. The van der Waals surface area contributed by atoms with Crippen molar-refractivity contribution in [1.82, 2.24) is 9.78 Å². The highest BCUT2D eigenvalue weighted by Crippen LogP contribution is 2.30. The van der Waals surface area contributed by atoms with Crippen molar-refractivity contribution in [3.63, 3.8) is 0 Å². The molecule has 1 aliphatic rings. The van der Waals surface area contributed by atoms with Crippen molar-refractivity contribution in [2.24, 2.45) is 5.92 Å². The highest BCUT2D eigenvalue weighted by atomic mass is 16.2. The molecule has 0 atom stereocenters. The SMILES string of the molecule is Cc1cc(C)n(-c2ccc(C(=O)Nc3ccc(NC(=O)C4CC4)cc3)cc2)n1. The molecule has 3 aromatic rings. The van der Waals surface area contributed by atoms with E-state index in [9.17, 15) is 9.59 Å². The third-order valence-electron chi connectivity index (χ3n) is 4.74. The topological polar surface area (TPSA) is 76.0 Å². The minimum absolute atomic E-state index is 0.0690. The summed E-state index contributed by atoms with van der Waals surface area (Å²) in [5.41, 5.74) is 4.90. The molecule has 142 valence electrons. The van der Waals surface area contributed by atoms with Gasteiger partial charge in [-0.25, -0.2) is 4.68 Å². The van der Waals surface area contributed by atoms with Gasteiger partial charge < -0.3 is 10.6 Å². The molecule has 28 heavy (non-hydrogen) atoms. The van der Waals surface area contributed by atoms with Crippen molar-refractivity contribution >= 4 is 23.2 Å². The van der Waals surface area contributed by atoms with Gasteiger partial charge in [-0.15, -0.1) is 0 Å². The molecule has 6 nitrogen and oxygen atoms in total. The average molecular weight is 374 g/mol. The van der Waals surface area contributed by atoms with E-state index in [0.29, 0.717) is 11.3 Å². The van der Waals surface area contributed by atoms with E-state index >= 15 is 0 Å². The van der Waals surface area contributed by atoms with Crippen molar-refractivity contribution in [2.75, 3.05) is 10.6 Å². The molecule has 6 heteroatoms. The second kappa shape index (κ2) is 7.31. The standard InChI is InChI=1S/C22H22N4O2/c1-14-13-15(2)26(25-14)20-11-5-17(6-12-20)22(28)24-19-9-7-18(8-10-19)23-21(27)16-3-4-16/h5-13,16H,3-4H2,1-2H3,(H,23,27)(H,24,28). The van der Waals surface area contributed by atoms with Crippen LogP contribution in [-0.4, -0.2) is 21.6 Å². The van der Waals surface area contributed by atoms with Crippen LogP contribution in [0.5, 0.6) is 0 Å². The van der Waals surface area contributed by atoms with Gasteiger partial charge in [-0.05, 0) is 81.3 Å². The molecule has 1 saturated carbocycles. The Kier molecular flexibility index (Phi) is 4.69. The number of rotatable bonds is 5. The molecule has 0 bridgehead atoms. The number of benzene rings is 2. The molecule has 0 aliphatic heterocycles. The van der Waals surface area contributed by atoms with Crippen LogP contribution in [0, 0.1) is 19.8 Å². The minimum Gasteiger partial charge on any atom is -0.326 e. The molecule has 0 unspecified atom stereocenters. The number of anilines is 2. The van der Waals surface area contributed by atoms with Crippen LogP contribution in [0.1, 0.15) is 34.6 Å². The Morgan fingerprint density at radius 3 is 2.07 bits per heavy atom. The fourth-order valence-corrected chi connectivity index (χ4v) is 3.07. The van der Waals surface area contributed by atoms with Crippen LogP contribution in [0.3, 0.4) is 0 Å². The van der Waals surface area contributed by atoms with E-state index in [2.05, 4.69) is 15.7 Å². The lowest BCUT2D eigenvalue weighted by atomic mass is 10.2. The monoisotopic (exact) mass is 374 g/mol. The molecule has 0 radical (unpaired) electrons. The summed E-state index contributed by atoms with van der Waals surface area (Å²) < 4.78 is 1.85. The largest absolute Gasteiger partial charge is 0.326 e. The first-order valence-corrected chi connectivity index (χ1v) is 9.35. The Hall–Kier alpha value is -3.41. The van der Waals surface area contributed by atoms with Gasteiger partial charge in [0.2, 0.25) is 5.91 Å². The zero-order chi connectivity index (χ0) is 19.7. The average Bonchev–Trinajstić information content (AvgIpc) is 3.48. The Morgan fingerprint density at radius 2 is 1.54 bits per heavy atom. The Labute approximate surface area is 163 Å². The van der Waals surface area contributed by atoms with E-state index in [0.717, 1.165) is 35.6 Å². The number of amides is 2. The Balaban J connectivity index is 1.40. The second-order valence-electron chi connectivity index (χ2n) is 7.18. The highest BCUT2D eigenvalue weighted by Gasteiger charge is 2.29. The maximum atomic E-state index is 12.5. The number of nitrogens with zero attached hydrogens (tertiary/aromatic N) is 2. The lowest BCUT2D eigenvalue weighted by Gasteiger charge is -2.09. The predicted molar refractivity (Wildman–Crippen MR) is 109 cm³/mol. The van der Waals surface area contributed by atoms with Gasteiger partial charge in [-0.2, -0.15) is 5.10 Å². The normalized spacial score (nSPS) is 13.2. The van der Waals surface area contributed by atoms with Gasteiger partial charge in [0.15, 0.2) is 0 Å². The van der Waals surface area contributed by atoms with E-state index in [4.69, 9.17) is 0 Å². The van der Waals surface area contributed by atoms with Crippen molar-refractivity contribution in [3.05, 3.63) is 71.5 Å². The molecular weight excluding hydrogens is 352 g/mol. The van der Waals surface area contributed by atoms with Gasteiger partial charge in [0.25, 0.3) is 5.91 Å². The van der Waals surface area contributed by atoms with Gasteiger partial charge in [-0.1, -0.05) is 0 Å². The number of carbonyl (C=O) groups is 2. The van der Waals surface area contributed by atoms with Crippen molar-refractivity contribution < 1.29 is 9.59 Å². The molecule has 1 aliphatic carbocycles. The number of nitrogens with one attached hydrogen (secondary N) is 2. The molecular formula is C22H22N4O2. The summed E-state index contributed by atoms with van der Waals surface area (Å²) in [6.45, 7) is 3.95. The van der Waals surface area contributed by atoms with Gasteiger partial charge >= 0.3 is 0 Å². The smallest absolute Gasteiger partial charge is 0.255 e. The van der Waals surface area contributed by atoms with E-state index in [1.807, 2.05) is 36.7 Å². The maximum absolute atomic E-state index is 12.5. The number of aromatic nitrogens is 2. The van der Waals surface area contributed by atoms with Gasteiger partial charge in [0.1, 0.15) is 0 Å². The van der Waals surface area contributed by atoms with E-state index in [1.54, 1.807) is 36.4 Å². The molecule has 1 fully saturated rings. The van der Waals surface area contributed by atoms with Crippen molar-refractivity contribution in [2.45, 2.75) is 26.7 Å². The number of hydrogen-bond donors (Lipinski definition) is 2. The second-order valence-corrected chi connectivity index (χ2v) is 7.18. The zero-order valence-corrected chi connectivity index (χ0v) is 15.9. The molecule has 0 spiro atoms. The Bertz CT molecular complexity index is 1020. The molecule has 2 amide bonds. The minimum atomic E-state index is -0.185. The highest BCUT2D eigenvalue weighted by molar-refractivity contribution is 6.04. The first kappa shape index (κ1) is 18.0. The van der Waals surface area contributed by atoms with Crippen molar-refractivity contribution in [1.29, 1.82) is 0 Å². The maximum Gasteiger partial charge on any atom is 0.255 e. The van der Waals surface area contributed by atoms with Crippen LogP contribution in [0.25, 0.3) is 5.69 Å². The van der Waals surface area contributed by atoms with E-state index in [1.165, 1.54) is 0 Å². The summed E-state index contributed by atoms with van der Waals surface area (Å²) >= 11 is 0. The Morgan fingerprint density at radius 1 is 0.929 bits per heavy atom. The van der Waals surface area contributed by atoms with Gasteiger partial charge in [0.05, 0.1) is 11.4 Å². The number of carbonyl (C=O) groups excluding carboxylic acids is 2. The molecule has 2 aromatic carbocycles. The third kappa shape index (κ3) is 3.96. The van der Waals surface area contributed by atoms with Crippen molar-refractivity contribution in [3.8, 4) is 5.69 Å². The molecule has 2 N–H and O–H groups in total. The third-order valence-corrected chi connectivity index (χ3v) is 4.74. The first-order valence-electron chi connectivity index (χ1n) is 9.35. The fourth-order valence-electron chi connectivity index (χ4n) is 3.07. The summed E-state index contributed by atoms with van der Waals surface area (Å²) in [4.78, 5) is 24.3. The lowest BCUT2D eigenvalue weighted by Crippen LogP contribution is -2.14. The lowest BCUT2D eigenvalue weighted by molar-refractivity contribution is -0.117. The summed E-state index contributed by atoms with van der Waals surface area (Å²) in [5, 5.41) is 10.2. The summed E-state index contributed by atoms with van der Waals surface area (Å²) in [6.07, 6.45) is 1.94. The van der Waals surface area contributed by atoms with Crippen LogP contribution in [-0.2, 0) is 4.79 Å². The van der Waals surface area contributed by atoms with Crippen LogP contribution in [0.4, 0.5) is 11.4 Å². The number of hydrogen-bond acceptors (Lipinski definition) is 3. The molecule has 4 rings (SSSR count). The van der Waals surface area contributed by atoms with Gasteiger partial charge in [-0.3, -0.25) is 9.59 Å². The molecule has 1 heterocycles. The summed E-state index contributed by atoms with van der Waals surface area (Å²) in [7, 11) is 0. The summed E-state index contributed by atoms with van der Waals surface area (Å²) in [5.74, 6) is 0.0472. The van der Waals surface area contributed by atoms with E-state index in [-0.39, 0.29) is 17.7 Å². The first-order chi connectivity index (χ1) is 13.5.